The zero-order valence-corrected chi connectivity index (χ0v) is 8.59. The maximum absolute atomic E-state index is 11.5. The Kier molecular flexibility index (Phi) is 2.87. The normalized spacial score (nSPS) is 19.2. The van der Waals surface area contributed by atoms with Crippen molar-refractivity contribution in [1.29, 1.82) is 0 Å². The molecule has 0 aromatic heterocycles. The maximum atomic E-state index is 11.5. The van der Waals surface area contributed by atoms with E-state index in [1.54, 1.807) is 0 Å². The number of benzene rings is 1. The van der Waals surface area contributed by atoms with Crippen LogP contribution in [-0.2, 0) is 16.0 Å². The lowest BCUT2D eigenvalue weighted by atomic mass is 10.1. The van der Waals surface area contributed by atoms with Gasteiger partial charge >= 0.3 is 0 Å². The average Bonchev–Trinajstić information content (AvgIpc) is 2.29. The lowest BCUT2D eigenvalue weighted by Gasteiger charge is -2.33. The van der Waals surface area contributed by atoms with E-state index < -0.39 is 11.9 Å². The number of hydrogen-bond donors (Lipinski definition) is 2. The van der Waals surface area contributed by atoms with Gasteiger partial charge in [-0.3, -0.25) is 14.8 Å². The summed E-state index contributed by atoms with van der Waals surface area (Å²) in [5.74, 6) is -0.668. The van der Waals surface area contributed by atoms with Gasteiger partial charge in [-0.2, -0.15) is 0 Å². The minimum atomic E-state index is -0.568. The molecule has 1 fully saturated rings. The van der Waals surface area contributed by atoms with E-state index in [0.29, 0.717) is 5.06 Å². The van der Waals surface area contributed by atoms with E-state index >= 15 is 0 Å². The number of β-lactam (4-membered cyclic amide) rings is 1. The summed E-state index contributed by atoms with van der Waals surface area (Å²) >= 11 is 0. The lowest BCUT2D eigenvalue weighted by molar-refractivity contribution is -0.191. The third-order valence-corrected chi connectivity index (χ3v) is 2.45. The number of nitrogens with zero attached hydrogens (tertiary/aromatic N) is 1. The summed E-state index contributed by atoms with van der Waals surface area (Å²) in [6.07, 6.45) is 0.246. The highest BCUT2D eigenvalue weighted by Crippen LogP contribution is 2.07. The number of hydrogen-bond acceptors (Lipinski definition) is 3. The van der Waals surface area contributed by atoms with Crippen molar-refractivity contribution < 1.29 is 14.8 Å². The second-order valence-corrected chi connectivity index (χ2v) is 3.70. The molecule has 0 unspecified atom stereocenters. The quantitative estimate of drug-likeness (QED) is 0.554. The summed E-state index contributed by atoms with van der Waals surface area (Å²) in [7, 11) is 0. The molecule has 1 aromatic carbocycles. The molecule has 0 radical (unpaired) electrons. The largest absolute Gasteiger partial charge is 0.342 e. The van der Waals surface area contributed by atoms with E-state index in [2.05, 4.69) is 5.32 Å². The first-order valence-corrected chi connectivity index (χ1v) is 5.00. The predicted molar refractivity (Wildman–Crippen MR) is 55.6 cm³/mol. The highest BCUT2D eigenvalue weighted by atomic mass is 16.5. The van der Waals surface area contributed by atoms with Gasteiger partial charge in [0.1, 0.15) is 6.04 Å². The summed E-state index contributed by atoms with van der Waals surface area (Å²) in [6.45, 7) is 0.166. The molecule has 0 saturated carbocycles. The van der Waals surface area contributed by atoms with Crippen LogP contribution in [0.2, 0.25) is 0 Å². The van der Waals surface area contributed by atoms with Crippen LogP contribution >= 0.6 is 0 Å². The first-order valence-electron chi connectivity index (χ1n) is 5.00. The molecule has 16 heavy (non-hydrogen) atoms. The Labute approximate surface area is 92.6 Å². The second-order valence-electron chi connectivity index (χ2n) is 3.70. The number of amides is 2. The van der Waals surface area contributed by atoms with Gasteiger partial charge in [0.15, 0.2) is 0 Å². The van der Waals surface area contributed by atoms with E-state index in [1.807, 2.05) is 30.3 Å². The van der Waals surface area contributed by atoms with Crippen molar-refractivity contribution >= 4 is 11.8 Å². The van der Waals surface area contributed by atoms with Crippen LogP contribution in [0.5, 0.6) is 0 Å². The molecule has 1 saturated heterocycles. The zero-order valence-electron chi connectivity index (χ0n) is 8.59. The molecule has 1 aromatic rings. The van der Waals surface area contributed by atoms with Crippen LogP contribution in [0, 0.1) is 0 Å². The molecule has 0 bridgehead atoms. The minimum Gasteiger partial charge on any atom is -0.342 e. The van der Waals surface area contributed by atoms with Gasteiger partial charge in [0, 0.05) is 0 Å². The van der Waals surface area contributed by atoms with Crippen molar-refractivity contribution in [3.63, 3.8) is 0 Å². The van der Waals surface area contributed by atoms with Gasteiger partial charge in [-0.1, -0.05) is 30.3 Å². The van der Waals surface area contributed by atoms with Crippen LogP contribution in [0.25, 0.3) is 0 Å². The van der Waals surface area contributed by atoms with Gasteiger partial charge in [0.05, 0.1) is 13.0 Å². The standard InChI is InChI=1S/C11H12N2O3/c14-10(6-8-4-2-1-3-5-8)12-9-7-13(16)11(9)15/h1-5,9,16H,6-7H2,(H,12,14)/t9-/m0/s1. The average molecular weight is 220 g/mol. The Bertz CT molecular complexity index is 405. The van der Waals surface area contributed by atoms with Crippen LogP contribution in [0.4, 0.5) is 0 Å². The Morgan fingerprint density at radius 3 is 2.69 bits per heavy atom. The summed E-state index contributed by atoms with van der Waals surface area (Å²) < 4.78 is 0. The topological polar surface area (TPSA) is 69.6 Å². The zero-order chi connectivity index (χ0) is 11.5. The lowest BCUT2D eigenvalue weighted by Crippen LogP contribution is -2.62. The summed E-state index contributed by atoms with van der Waals surface area (Å²) in [4.78, 5) is 22.5. The smallest absolute Gasteiger partial charge is 0.270 e. The van der Waals surface area contributed by atoms with Gasteiger partial charge in [-0.25, -0.2) is 5.06 Å². The van der Waals surface area contributed by atoms with E-state index in [9.17, 15) is 9.59 Å². The summed E-state index contributed by atoms with van der Waals surface area (Å²) in [5, 5.41) is 12.0. The van der Waals surface area contributed by atoms with E-state index in [4.69, 9.17) is 5.21 Å². The van der Waals surface area contributed by atoms with E-state index in [0.717, 1.165) is 5.56 Å². The molecule has 0 spiro atoms. The van der Waals surface area contributed by atoms with Gasteiger partial charge in [-0.05, 0) is 5.56 Å². The fourth-order valence-electron chi connectivity index (χ4n) is 1.54. The molecule has 1 aliphatic rings. The number of carbonyl (C=O) groups is 2. The SMILES string of the molecule is O=C(Cc1ccccc1)N[C@H]1CN(O)C1=O. The van der Waals surface area contributed by atoms with Crippen molar-refractivity contribution in [3.8, 4) is 0 Å². The van der Waals surface area contributed by atoms with Crippen LogP contribution in [0.1, 0.15) is 5.56 Å². The van der Waals surface area contributed by atoms with Crippen LogP contribution < -0.4 is 5.32 Å². The van der Waals surface area contributed by atoms with Gasteiger partial charge < -0.3 is 5.32 Å². The van der Waals surface area contributed by atoms with Crippen molar-refractivity contribution in [2.75, 3.05) is 6.54 Å². The molecular formula is C11H12N2O3. The van der Waals surface area contributed by atoms with Crippen molar-refractivity contribution in [2.24, 2.45) is 0 Å². The molecule has 84 valence electrons. The Balaban J connectivity index is 1.84. The van der Waals surface area contributed by atoms with Crippen LogP contribution in [-0.4, -0.2) is 34.7 Å². The molecule has 5 heteroatoms. The van der Waals surface area contributed by atoms with E-state index in [1.165, 1.54) is 0 Å². The Hall–Kier alpha value is -1.88. The minimum absolute atomic E-state index is 0.166. The Morgan fingerprint density at radius 2 is 2.12 bits per heavy atom. The second kappa shape index (κ2) is 4.32. The fourth-order valence-corrected chi connectivity index (χ4v) is 1.54. The molecule has 1 aliphatic heterocycles. The van der Waals surface area contributed by atoms with E-state index in [-0.39, 0.29) is 18.9 Å². The van der Waals surface area contributed by atoms with Crippen molar-refractivity contribution in [2.45, 2.75) is 12.5 Å². The first kappa shape index (κ1) is 10.6. The van der Waals surface area contributed by atoms with Gasteiger partial charge in [0.2, 0.25) is 5.91 Å². The highest BCUT2D eigenvalue weighted by Gasteiger charge is 2.36. The predicted octanol–water partition coefficient (Wildman–Crippen LogP) is -0.0547. The molecule has 5 nitrogen and oxygen atoms in total. The molecule has 2 amide bonds. The van der Waals surface area contributed by atoms with Crippen molar-refractivity contribution in [3.05, 3.63) is 35.9 Å². The van der Waals surface area contributed by atoms with Gasteiger partial charge in [-0.15, -0.1) is 0 Å². The molecule has 2 rings (SSSR count). The van der Waals surface area contributed by atoms with Gasteiger partial charge in [0.25, 0.3) is 5.91 Å². The molecule has 1 heterocycles. The molecule has 1 atom stereocenters. The molecule has 0 aliphatic carbocycles. The van der Waals surface area contributed by atoms with Crippen molar-refractivity contribution in [1.82, 2.24) is 10.4 Å². The third kappa shape index (κ3) is 2.20. The number of hydroxylamine groups is 2. The molecule has 2 N–H and O–H groups in total. The van der Waals surface area contributed by atoms with Crippen LogP contribution in [0.15, 0.2) is 30.3 Å². The highest BCUT2D eigenvalue weighted by molar-refractivity contribution is 5.91. The van der Waals surface area contributed by atoms with Crippen LogP contribution in [0.3, 0.4) is 0 Å². The monoisotopic (exact) mass is 220 g/mol. The fraction of sp³-hybridized carbons (Fsp3) is 0.273. The number of rotatable bonds is 3. The number of nitrogens with one attached hydrogen (secondary N) is 1. The maximum Gasteiger partial charge on any atom is 0.270 e. The summed E-state index contributed by atoms with van der Waals surface area (Å²) in [6, 6.07) is 8.71. The number of carbonyl (C=O) groups excluding carboxylic acids is 2. The Morgan fingerprint density at radius 1 is 1.44 bits per heavy atom. The summed E-state index contributed by atoms with van der Waals surface area (Å²) in [5.41, 5.74) is 0.896. The molecular weight excluding hydrogens is 208 g/mol. The first-order chi connectivity index (χ1) is 7.66. The third-order valence-electron chi connectivity index (χ3n) is 2.45.